The highest BCUT2D eigenvalue weighted by Gasteiger charge is 2.28. The molecule has 1 atom stereocenters. The van der Waals surface area contributed by atoms with Crippen molar-refractivity contribution in [1.29, 1.82) is 0 Å². The summed E-state index contributed by atoms with van der Waals surface area (Å²) in [6.07, 6.45) is 2.64. The monoisotopic (exact) mass is 430 g/mol. The largest absolute Gasteiger partial charge is 0.497 e. The Bertz CT molecular complexity index is 823. The smallest absolute Gasteiger partial charge is 0.242 e. The molecule has 0 aliphatic heterocycles. The number of hydrogen-bond donors (Lipinski definition) is 1. The summed E-state index contributed by atoms with van der Waals surface area (Å²) >= 11 is 6.08. The van der Waals surface area contributed by atoms with E-state index in [0.717, 1.165) is 29.7 Å². The molecule has 6 heteroatoms. The minimum absolute atomic E-state index is 0.106. The van der Waals surface area contributed by atoms with Gasteiger partial charge in [0, 0.05) is 18.1 Å². The maximum absolute atomic E-state index is 13.3. The Morgan fingerprint density at radius 1 is 1.10 bits per heavy atom. The van der Waals surface area contributed by atoms with Gasteiger partial charge in [-0.25, -0.2) is 0 Å². The summed E-state index contributed by atoms with van der Waals surface area (Å²) in [5.41, 5.74) is 1.77. The van der Waals surface area contributed by atoms with Crippen LogP contribution in [-0.2, 0) is 22.6 Å². The second-order valence-corrected chi connectivity index (χ2v) is 7.68. The van der Waals surface area contributed by atoms with Gasteiger partial charge in [-0.1, -0.05) is 56.1 Å². The van der Waals surface area contributed by atoms with Gasteiger partial charge in [0.2, 0.25) is 11.8 Å². The van der Waals surface area contributed by atoms with Gasteiger partial charge in [-0.05, 0) is 48.2 Å². The Balaban J connectivity index is 2.24. The first kappa shape index (κ1) is 23.7. The number of hydrogen-bond acceptors (Lipinski definition) is 3. The molecule has 0 radical (unpaired) electrons. The molecule has 0 aliphatic carbocycles. The zero-order valence-corrected chi connectivity index (χ0v) is 18.7. The van der Waals surface area contributed by atoms with Crippen molar-refractivity contribution in [2.24, 2.45) is 0 Å². The number of unbranched alkanes of at least 4 members (excludes halogenated alkanes) is 1. The third-order valence-corrected chi connectivity index (χ3v) is 5.21. The van der Waals surface area contributed by atoms with Gasteiger partial charge in [-0.15, -0.1) is 0 Å². The lowest BCUT2D eigenvalue weighted by atomic mass is 10.1. The number of amides is 2. The minimum atomic E-state index is -0.532. The van der Waals surface area contributed by atoms with Crippen LogP contribution in [0.25, 0.3) is 0 Å². The fourth-order valence-electron chi connectivity index (χ4n) is 3.28. The zero-order valence-electron chi connectivity index (χ0n) is 18.0. The van der Waals surface area contributed by atoms with Gasteiger partial charge in [-0.3, -0.25) is 9.59 Å². The molecule has 0 heterocycles. The van der Waals surface area contributed by atoms with Crippen LogP contribution in [0.4, 0.5) is 0 Å². The molecular weight excluding hydrogens is 400 g/mol. The summed E-state index contributed by atoms with van der Waals surface area (Å²) in [6, 6.07) is 14.3. The van der Waals surface area contributed by atoms with Gasteiger partial charge in [0.15, 0.2) is 0 Å². The van der Waals surface area contributed by atoms with Crippen LogP contribution in [0.3, 0.4) is 0 Å². The van der Waals surface area contributed by atoms with E-state index in [1.807, 2.05) is 43.3 Å². The molecule has 0 unspecified atom stereocenters. The number of ether oxygens (including phenoxy) is 1. The normalized spacial score (nSPS) is 11.6. The molecule has 162 valence electrons. The van der Waals surface area contributed by atoms with E-state index in [2.05, 4.69) is 12.2 Å². The van der Waals surface area contributed by atoms with Crippen molar-refractivity contribution in [3.8, 4) is 5.75 Å². The quantitative estimate of drug-likeness (QED) is 0.529. The van der Waals surface area contributed by atoms with Gasteiger partial charge in [0.05, 0.1) is 13.5 Å². The average Bonchev–Trinajstić information content (AvgIpc) is 2.74. The number of rotatable bonds is 11. The van der Waals surface area contributed by atoms with Crippen LogP contribution in [0, 0.1) is 0 Å². The van der Waals surface area contributed by atoms with E-state index in [1.165, 1.54) is 0 Å². The van der Waals surface area contributed by atoms with E-state index >= 15 is 0 Å². The molecule has 5 nitrogen and oxygen atoms in total. The van der Waals surface area contributed by atoms with Crippen molar-refractivity contribution < 1.29 is 14.3 Å². The fourth-order valence-corrected chi connectivity index (χ4v) is 3.49. The van der Waals surface area contributed by atoms with Crippen molar-refractivity contribution in [2.45, 2.75) is 52.1 Å². The highest BCUT2D eigenvalue weighted by atomic mass is 35.5. The standard InChI is InChI=1S/C24H31ClN2O3/c1-4-6-14-26-24(29)22(5-2)27(17-18-10-12-21(30-3)13-11-18)23(28)16-19-8-7-9-20(25)15-19/h7-13,15,22H,4-6,14,16-17H2,1-3H3,(H,26,29)/t22-/m1/s1. The molecular formula is C24H31ClN2O3. The molecule has 0 aliphatic rings. The van der Waals surface area contributed by atoms with Gasteiger partial charge in [0.25, 0.3) is 0 Å². The maximum Gasteiger partial charge on any atom is 0.242 e. The SMILES string of the molecule is CCCCNC(=O)[C@@H](CC)N(Cc1ccc(OC)cc1)C(=O)Cc1cccc(Cl)c1. The van der Waals surface area contributed by atoms with Crippen molar-refractivity contribution in [3.05, 3.63) is 64.7 Å². The summed E-state index contributed by atoms with van der Waals surface area (Å²) in [4.78, 5) is 27.8. The molecule has 0 aromatic heterocycles. The predicted molar refractivity (Wildman–Crippen MR) is 121 cm³/mol. The topological polar surface area (TPSA) is 58.6 Å². The lowest BCUT2D eigenvalue weighted by Gasteiger charge is -2.31. The first-order valence-corrected chi connectivity index (χ1v) is 10.8. The molecule has 1 N–H and O–H groups in total. The lowest BCUT2D eigenvalue weighted by Crippen LogP contribution is -2.49. The third-order valence-electron chi connectivity index (χ3n) is 4.97. The van der Waals surface area contributed by atoms with E-state index in [1.54, 1.807) is 24.1 Å². The second kappa shape index (κ2) is 12.2. The van der Waals surface area contributed by atoms with E-state index < -0.39 is 6.04 Å². The Morgan fingerprint density at radius 2 is 1.83 bits per heavy atom. The van der Waals surface area contributed by atoms with Crippen LogP contribution in [-0.4, -0.2) is 36.4 Å². The van der Waals surface area contributed by atoms with Crippen molar-refractivity contribution in [2.75, 3.05) is 13.7 Å². The molecule has 2 amide bonds. The molecule has 0 fully saturated rings. The molecule has 30 heavy (non-hydrogen) atoms. The van der Waals surface area contributed by atoms with Crippen LogP contribution in [0.15, 0.2) is 48.5 Å². The first-order valence-electron chi connectivity index (χ1n) is 10.4. The number of carbonyl (C=O) groups excluding carboxylic acids is 2. The Morgan fingerprint density at radius 3 is 2.43 bits per heavy atom. The van der Waals surface area contributed by atoms with Crippen LogP contribution in [0.5, 0.6) is 5.75 Å². The lowest BCUT2D eigenvalue weighted by molar-refractivity contribution is -0.140. The molecule has 0 bridgehead atoms. The molecule has 2 aromatic carbocycles. The number of nitrogens with zero attached hydrogens (tertiary/aromatic N) is 1. The van der Waals surface area contributed by atoms with E-state index in [9.17, 15) is 9.59 Å². The number of carbonyl (C=O) groups is 2. The maximum atomic E-state index is 13.3. The molecule has 0 saturated carbocycles. The van der Waals surface area contributed by atoms with E-state index in [0.29, 0.717) is 24.5 Å². The molecule has 2 rings (SSSR count). The number of methoxy groups -OCH3 is 1. The minimum Gasteiger partial charge on any atom is -0.497 e. The summed E-state index contributed by atoms with van der Waals surface area (Å²) < 4.78 is 5.22. The van der Waals surface area contributed by atoms with Crippen molar-refractivity contribution in [1.82, 2.24) is 10.2 Å². The van der Waals surface area contributed by atoms with Crippen LogP contribution in [0.1, 0.15) is 44.2 Å². The van der Waals surface area contributed by atoms with E-state index in [4.69, 9.17) is 16.3 Å². The van der Waals surface area contributed by atoms with Gasteiger partial charge in [0.1, 0.15) is 11.8 Å². The summed E-state index contributed by atoms with van der Waals surface area (Å²) in [5.74, 6) is 0.532. The third kappa shape index (κ3) is 7.06. The fraction of sp³-hybridized carbons (Fsp3) is 0.417. The zero-order chi connectivity index (χ0) is 21.9. The van der Waals surface area contributed by atoms with Gasteiger partial charge in [-0.2, -0.15) is 0 Å². The average molecular weight is 431 g/mol. The van der Waals surface area contributed by atoms with Crippen LogP contribution < -0.4 is 10.1 Å². The van der Waals surface area contributed by atoms with Gasteiger partial charge < -0.3 is 15.0 Å². The van der Waals surface area contributed by atoms with Crippen molar-refractivity contribution in [3.63, 3.8) is 0 Å². The second-order valence-electron chi connectivity index (χ2n) is 7.25. The molecule has 0 saturated heterocycles. The Labute approximate surface area is 184 Å². The van der Waals surface area contributed by atoms with E-state index in [-0.39, 0.29) is 18.2 Å². The highest BCUT2D eigenvalue weighted by molar-refractivity contribution is 6.30. The molecule has 0 spiro atoms. The highest BCUT2D eigenvalue weighted by Crippen LogP contribution is 2.18. The van der Waals surface area contributed by atoms with Gasteiger partial charge >= 0.3 is 0 Å². The Hall–Kier alpha value is -2.53. The van der Waals surface area contributed by atoms with Crippen LogP contribution >= 0.6 is 11.6 Å². The van der Waals surface area contributed by atoms with Crippen molar-refractivity contribution >= 4 is 23.4 Å². The molecule has 2 aromatic rings. The predicted octanol–water partition coefficient (Wildman–Crippen LogP) is 4.61. The summed E-state index contributed by atoms with van der Waals surface area (Å²) in [6.45, 7) is 4.97. The van der Waals surface area contributed by atoms with Crippen LogP contribution in [0.2, 0.25) is 5.02 Å². The number of benzene rings is 2. The first-order chi connectivity index (χ1) is 14.5. The number of nitrogens with one attached hydrogen (secondary N) is 1. The summed E-state index contributed by atoms with van der Waals surface area (Å²) in [7, 11) is 1.61. The Kier molecular flexibility index (Phi) is 9.68. The number of halogens is 1. The summed E-state index contributed by atoms with van der Waals surface area (Å²) in [5, 5.41) is 3.56.